The molecule has 1 rings (SSSR count). The predicted molar refractivity (Wildman–Crippen MR) is 84.8 cm³/mol. The summed E-state index contributed by atoms with van der Waals surface area (Å²) < 4.78 is 25.1. The largest absolute Gasteiger partial charge is 0.312 e. The van der Waals surface area contributed by atoms with Gasteiger partial charge in [-0.2, -0.15) is 0 Å². The second-order valence-corrected chi connectivity index (χ2v) is 8.50. The van der Waals surface area contributed by atoms with Crippen LogP contribution < -0.4 is 5.32 Å². The van der Waals surface area contributed by atoms with E-state index in [-0.39, 0.29) is 17.2 Å². The summed E-state index contributed by atoms with van der Waals surface area (Å²) in [6.45, 7) is 11.1. The SMILES string of the molecule is CCCNC(CS(=O)(=O)c1cccc(C)c1)C(C)(C)C. The Balaban J connectivity index is 2.97. The standard InChI is InChI=1S/C16H27NO2S/c1-6-10-17-15(16(3,4)5)12-20(18,19)14-9-7-8-13(2)11-14/h7-9,11,15,17H,6,10,12H2,1-5H3. The van der Waals surface area contributed by atoms with Gasteiger partial charge in [-0.25, -0.2) is 8.42 Å². The van der Waals surface area contributed by atoms with Gasteiger partial charge in [0.15, 0.2) is 9.84 Å². The van der Waals surface area contributed by atoms with E-state index in [0.29, 0.717) is 4.90 Å². The van der Waals surface area contributed by atoms with Crippen LogP contribution in [0, 0.1) is 12.3 Å². The van der Waals surface area contributed by atoms with Crippen LogP contribution in [-0.4, -0.2) is 26.8 Å². The van der Waals surface area contributed by atoms with Crippen LogP contribution in [0.4, 0.5) is 0 Å². The molecule has 0 radical (unpaired) electrons. The van der Waals surface area contributed by atoms with Crippen molar-refractivity contribution in [1.29, 1.82) is 0 Å². The monoisotopic (exact) mass is 297 g/mol. The molecular formula is C16H27NO2S. The van der Waals surface area contributed by atoms with Crippen molar-refractivity contribution in [2.24, 2.45) is 5.41 Å². The van der Waals surface area contributed by atoms with E-state index < -0.39 is 9.84 Å². The van der Waals surface area contributed by atoms with Gasteiger partial charge in [-0.15, -0.1) is 0 Å². The molecule has 3 nitrogen and oxygen atoms in total. The molecular weight excluding hydrogens is 270 g/mol. The first-order chi connectivity index (χ1) is 9.16. The summed E-state index contributed by atoms with van der Waals surface area (Å²) in [6, 6.07) is 7.09. The summed E-state index contributed by atoms with van der Waals surface area (Å²) in [6.07, 6.45) is 0.997. The zero-order valence-electron chi connectivity index (χ0n) is 13.2. The fraction of sp³-hybridized carbons (Fsp3) is 0.625. The molecule has 4 heteroatoms. The van der Waals surface area contributed by atoms with Gasteiger partial charge in [-0.05, 0) is 43.0 Å². The molecule has 0 aliphatic rings. The summed E-state index contributed by atoms with van der Waals surface area (Å²) in [4.78, 5) is 0.421. The highest BCUT2D eigenvalue weighted by molar-refractivity contribution is 7.91. The molecule has 1 atom stereocenters. The van der Waals surface area contributed by atoms with Crippen molar-refractivity contribution < 1.29 is 8.42 Å². The lowest BCUT2D eigenvalue weighted by Gasteiger charge is -2.31. The van der Waals surface area contributed by atoms with Crippen LogP contribution in [0.2, 0.25) is 0 Å². The van der Waals surface area contributed by atoms with Crippen molar-refractivity contribution >= 4 is 9.84 Å². The number of hydrogen-bond donors (Lipinski definition) is 1. The van der Waals surface area contributed by atoms with Gasteiger partial charge in [-0.3, -0.25) is 0 Å². The highest BCUT2D eigenvalue weighted by Crippen LogP contribution is 2.23. The molecule has 0 spiro atoms. The normalized spacial score (nSPS) is 14.2. The molecule has 0 bridgehead atoms. The van der Waals surface area contributed by atoms with E-state index in [4.69, 9.17) is 0 Å². The number of rotatable bonds is 6. The van der Waals surface area contributed by atoms with Crippen molar-refractivity contribution in [2.45, 2.75) is 52.0 Å². The second-order valence-electron chi connectivity index (χ2n) is 6.47. The highest BCUT2D eigenvalue weighted by Gasteiger charge is 2.29. The van der Waals surface area contributed by atoms with Crippen LogP contribution in [0.1, 0.15) is 39.7 Å². The Kier molecular flexibility index (Phi) is 5.78. The average molecular weight is 297 g/mol. The van der Waals surface area contributed by atoms with Gasteiger partial charge in [0.1, 0.15) is 0 Å². The molecule has 20 heavy (non-hydrogen) atoms. The quantitative estimate of drug-likeness (QED) is 0.877. The van der Waals surface area contributed by atoms with E-state index in [9.17, 15) is 8.42 Å². The number of nitrogens with one attached hydrogen (secondary N) is 1. The van der Waals surface area contributed by atoms with Crippen molar-refractivity contribution in [1.82, 2.24) is 5.32 Å². The molecule has 0 aromatic heterocycles. The van der Waals surface area contributed by atoms with Crippen molar-refractivity contribution in [3.63, 3.8) is 0 Å². The molecule has 1 N–H and O–H groups in total. The fourth-order valence-electron chi connectivity index (χ4n) is 2.06. The van der Waals surface area contributed by atoms with Crippen LogP contribution in [0.5, 0.6) is 0 Å². The van der Waals surface area contributed by atoms with E-state index in [2.05, 4.69) is 33.0 Å². The van der Waals surface area contributed by atoms with Crippen LogP contribution >= 0.6 is 0 Å². The maximum atomic E-state index is 12.6. The third-order valence-electron chi connectivity index (χ3n) is 3.42. The topological polar surface area (TPSA) is 46.2 Å². The van der Waals surface area contributed by atoms with Gasteiger partial charge in [0, 0.05) is 6.04 Å². The van der Waals surface area contributed by atoms with Crippen LogP contribution in [0.15, 0.2) is 29.2 Å². The fourth-order valence-corrected chi connectivity index (χ4v) is 3.96. The third-order valence-corrected chi connectivity index (χ3v) is 5.17. The van der Waals surface area contributed by atoms with Crippen molar-refractivity contribution in [3.8, 4) is 0 Å². The Morgan fingerprint density at radius 1 is 1.25 bits per heavy atom. The smallest absolute Gasteiger partial charge is 0.179 e. The van der Waals surface area contributed by atoms with E-state index in [1.54, 1.807) is 18.2 Å². The van der Waals surface area contributed by atoms with E-state index in [0.717, 1.165) is 18.5 Å². The number of hydrogen-bond acceptors (Lipinski definition) is 3. The Hall–Kier alpha value is -0.870. The predicted octanol–water partition coefficient (Wildman–Crippen LogP) is 3.18. The summed E-state index contributed by atoms with van der Waals surface area (Å²) in [5, 5.41) is 3.37. The molecule has 1 unspecified atom stereocenters. The van der Waals surface area contributed by atoms with Crippen molar-refractivity contribution in [3.05, 3.63) is 29.8 Å². The van der Waals surface area contributed by atoms with Crippen LogP contribution in [0.3, 0.4) is 0 Å². The molecule has 0 heterocycles. The third kappa shape index (κ3) is 4.91. The van der Waals surface area contributed by atoms with Crippen LogP contribution in [0.25, 0.3) is 0 Å². The minimum absolute atomic E-state index is 0.0482. The summed E-state index contributed by atoms with van der Waals surface area (Å²) in [7, 11) is -3.26. The molecule has 0 aliphatic carbocycles. The van der Waals surface area contributed by atoms with Crippen molar-refractivity contribution in [2.75, 3.05) is 12.3 Å². The first kappa shape index (κ1) is 17.2. The molecule has 1 aromatic carbocycles. The Morgan fingerprint density at radius 2 is 1.90 bits per heavy atom. The molecule has 0 aliphatic heterocycles. The van der Waals surface area contributed by atoms with E-state index >= 15 is 0 Å². The molecule has 0 fully saturated rings. The number of benzene rings is 1. The second kappa shape index (κ2) is 6.72. The number of aryl methyl sites for hydroxylation is 1. The molecule has 0 saturated heterocycles. The van der Waals surface area contributed by atoms with E-state index in [1.807, 2.05) is 13.0 Å². The minimum atomic E-state index is -3.26. The summed E-state index contributed by atoms with van der Waals surface area (Å²) in [5.41, 5.74) is 0.881. The van der Waals surface area contributed by atoms with E-state index in [1.165, 1.54) is 0 Å². The highest BCUT2D eigenvalue weighted by atomic mass is 32.2. The van der Waals surface area contributed by atoms with Gasteiger partial charge in [-0.1, -0.05) is 39.8 Å². The molecule has 1 aromatic rings. The minimum Gasteiger partial charge on any atom is -0.312 e. The Morgan fingerprint density at radius 3 is 2.40 bits per heavy atom. The lowest BCUT2D eigenvalue weighted by Crippen LogP contribution is -2.45. The maximum Gasteiger partial charge on any atom is 0.179 e. The molecule has 114 valence electrons. The lowest BCUT2D eigenvalue weighted by molar-refractivity contribution is 0.288. The molecule has 0 saturated carbocycles. The summed E-state index contributed by atoms with van der Waals surface area (Å²) in [5.74, 6) is 0.139. The first-order valence-electron chi connectivity index (χ1n) is 7.19. The Bertz CT molecular complexity index is 530. The van der Waals surface area contributed by atoms with Crippen LogP contribution in [-0.2, 0) is 9.84 Å². The van der Waals surface area contributed by atoms with Gasteiger partial charge >= 0.3 is 0 Å². The molecule has 0 amide bonds. The van der Waals surface area contributed by atoms with Gasteiger partial charge in [0.2, 0.25) is 0 Å². The zero-order chi connectivity index (χ0) is 15.4. The van der Waals surface area contributed by atoms with Gasteiger partial charge in [0.05, 0.1) is 10.6 Å². The average Bonchev–Trinajstić information content (AvgIpc) is 2.33. The van der Waals surface area contributed by atoms with Gasteiger partial charge < -0.3 is 5.32 Å². The number of sulfone groups is 1. The lowest BCUT2D eigenvalue weighted by atomic mass is 9.88. The van der Waals surface area contributed by atoms with Gasteiger partial charge in [0.25, 0.3) is 0 Å². The maximum absolute atomic E-state index is 12.6. The zero-order valence-corrected chi connectivity index (χ0v) is 14.0. The Labute approximate surface area is 123 Å². The summed E-state index contributed by atoms with van der Waals surface area (Å²) >= 11 is 0. The first-order valence-corrected chi connectivity index (χ1v) is 8.85.